The second-order valence-electron chi connectivity index (χ2n) is 7.02. The van der Waals surface area contributed by atoms with Crippen LogP contribution in [0.5, 0.6) is 0 Å². The Kier molecular flexibility index (Phi) is 4.72. The molecule has 0 amide bonds. The summed E-state index contributed by atoms with van der Waals surface area (Å²) >= 11 is 0. The van der Waals surface area contributed by atoms with Crippen LogP contribution in [0.15, 0.2) is 71.9 Å². The molecule has 0 N–H and O–H groups in total. The van der Waals surface area contributed by atoms with Crippen molar-refractivity contribution in [2.24, 2.45) is 0 Å². The van der Waals surface area contributed by atoms with Gasteiger partial charge in [0, 0.05) is 31.6 Å². The van der Waals surface area contributed by atoms with E-state index in [0.717, 1.165) is 23.0 Å². The van der Waals surface area contributed by atoms with Gasteiger partial charge >= 0.3 is 0 Å². The first-order chi connectivity index (χ1) is 14.8. The molecule has 8 heteroatoms. The molecule has 0 bridgehead atoms. The minimum absolute atomic E-state index is 0.0689. The fourth-order valence-electron chi connectivity index (χ4n) is 3.60. The number of aryl methyl sites for hydroxylation is 3. The maximum absolute atomic E-state index is 13.2. The van der Waals surface area contributed by atoms with Crippen LogP contribution < -0.4 is 5.56 Å². The Morgan fingerprint density at radius 3 is 2.63 bits per heavy atom. The number of aromatic nitrogens is 7. The second kappa shape index (κ2) is 7.82. The van der Waals surface area contributed by atoms with E-state index < -0.39 is 0 Å². The molecule has 5 rings (SSSR count). The third-order valence-electron chi connectivity index (χ3n) is 5.15. The number of pyridine rings is 2. The molecule has 4 aromatic heterocycles. The fourth-order valence-corrected chi connectivity index (χ4v) is 3.60. The van der Waals surface area contributed by atoms with Crippen LogP contribution >= 0.6 is 0 Å². The molecule has 0 atom stereocenters. The third kappa shape index (κ3) is 3.43. The zero-order valence-electron chi connectivity index (χ0n) is 16.2. The maximum Gasteiger partial charge on any atom is 0.263 e. The first-order valence-corrected chi connectivity index (χ1v) is 9.81. The standard InChI is InChI=1S/C22H19N7O/c30-22-17-4-3-11-24-21(17)25-20(28(22)14-9-16-7-12-23-13-8-16)10-15-29-19-6-2-1-5-18(19)26-27-29/h1-8,11-13H,9-10,14-15H2. The second-order valence-corrected chi connectivity index (χ2v) is 7.02. The molecule has 0 fully saturated rings. The third-order valence-corrected chi connectivity index (χ3v) is 5.15. The summed E-state index contributed by atoms with van der Waals surface area (Å²) in [5.74, 6) is 0.694. The van der Waals surface area contributed by atoms with Gasteiger partial charge in [-0.3, -0.25) is 14.3 Å². The summed E-state index contributed by atoms with van der Waals surface area (Å²) in [4.78, 5) is 26.2. The molecule has 0 spiro atoms. The largest absolute Gasteiger partial charge is 0.296 e. The smallest absolute Gasteiger partial charge is 0.263 e. The summed E-state index contributed by atoms with van der Waals surface area (Å²) in [7, 11) is 0. The Balaban J connectivity index is 1.49. The van der Waals surface area contributed by atoms with Crippen molar-refractivity contribution in [2.75, 3.05) is 0 Å². The van der Waals surface area contributed by atoms with Crippen molar-refractivity contribution in [3.8, 4) is 0 Å². The summed E-state index contributed by atoms with van der Waals surface area (Å²) in [6.45, 7) is 1.11. The number of hydrogen-bond donors (Lipinski definition) is 0. The van der Waals surface area contributed by atoms with Gasteiger partial charge in [0.1, 0.15) is 11.3 Å². The van der Waals surface area contributed by atoms with Gasteiger partial charge in [0.2, 0.25) is 0 Å². The molecule has 0 saturated heterocycles. The maximum atomic E-state index is 13.2. The first-order valence-electron chi connectivity index (χ1n) is 9.81. The summed E-state index contributed by atoms with van der Waals surface area (Å²) in [5, 5.41) is 8.98. The van der Waals surface area contributed by atoms with Gasteiger partial charge in [-0.05, 0) is 48.4 Å². The van der Waals surface area contributed by atoms with Crippen molar-refractivity contribution in [1.82, 2.24) is 34.5 Å². The number of hydrogen-bond acceptors (Lipinski definition) is 6. The molecule has 5 aromatic rings. The summed E-state index contributed by atoms with van der Waals surface area (Å²) in [6, 6.07) is 15.3. The van der Waals surface area contributed by atoms with Crippen molar-refractivity contribution in [2.45, 2.75) is 25.9 Å². The van der Waals surface area contributed by atoms with E-state index in [1.807, 2.05) is 41.1 Å². The Labute approximate surface area is 171 Å². The van der Waals surface area contributed by atoms with E-state index in [-0.39, 0.29) is 5.56 Å². The monoisotopic (exact) mass is 397 g/mol. The molecule has 8 nitrogen and oxygen atoms in total. The van der Waals surface area contributed by atoms with Crippen LogP contribution in [0, 0.1) is 0 Å². The summed E-state index contributed by atoms with van der Waals surface area (Å²) in [5.41, 5.74) is 3.33. The lowest BCUT2D eigenvalue weighted by Crippen LogP contribution is -2.27. The van der Waals surface area contributed by atoms with Crippen LogP contribution in [0.2, 0.25) is 0 Å². The van der Waals surface area contributed by atoms with Gasteiger partial charge < -0.3 is 0 Å². The molecule has 1 aromatic carbocycles. The average molecular weight is 397 g/mol. The quantitative estimate of drug-likeness (QED) is 0.437. The van der Waals surface area contributed by atoms with Crippen molar-refractivity contribution in [1.29, 1.82) is 0 Å². The number of rotatable bonds is 6. The molecular weight excluding hydrogens is 378 g/mol. The predicted octanol–water partition coefficient (Wildman–Crippen LogP) is 2.42. The molecule has 0 aliphatic heterocycles. The van der Waals surface area contributed by atoms with Crippen molar-refractivity contribution < 1.29 is 0 Å². The van der Waals surface area contributed by atoms with Crippen molar-refractivity contribution in [3.63, 3.8) is 0 Å². The topological polar surface area (TPSA) is 91.4 Å². The van der Waals surface area contributed by atoms with E-state index in [1.54, 1.807) is 35.3 Å². The Morgan fingerprint density at radius 1 is 0.867 bits per heavy atom. The predicted molar refractivity (Wildman–Crippen MR) is 113 cm³/mol. The molecule has 0 saturated carbocycles. The van der Waals surface area contributed by atoms with Crippen LogP contribution in [0.1, 0.15) is 11.4 Å². The minimum atomic E-state index is -0.0689. The normalized spacial score (nSPS) is 11.3. The van der Waals surface area contributed by atoms with Gasteiger partial charge in [0.25, 0.3) is 5.56 Å². The van der Waals surface area contributed by atoms with E-state index >= 15 is 0 Å². The SMILES string of the molecule is O=c1c2cccnc2nc(CCn2nnc3ccccc32)n1CCc1ccncc1. The number of para-hydroxylation sites is 1. The highest BCUT2D eigenvalue weighted by molar-refractivity contribution is 5.74. The van der Waals surface area contributed by atoms with Gasteiger partial charge in [0.05, 0.1) is 17.4 Å². The fraction of sp³-hybridized carbons (Fsp3) is 0.182. The number of nitrogens with zero attached hydrogens (tertiary/aromatic N) is 7. The van der Waals surface area contributed by atoms with Gasteiger partial charge in [-0.2, -0.15) is 0 Å². The molecule has 0 radical (unpaired) electrons. The first kappa shape index (κ1) is 18.1. The lowest BCUT2D eigenvalue weighted by atomic mass is 10.2. The number of fused-ring (bicyclic) bond motifs is 2. The van der Waals surface area contributed by atoms with Gasteiger partial charge in [-0.1, -0.05) is 17.3 Å². The zero-order valence-corrected chi connectivity index (χ0v) is 16.2. The van der Waals surface area contributed by atoms with Gasteiger partial charge in [-0.15, -0.1) is 5.10 Å². The van der Waals surface area contributed by atoms with Crippen LogP contribution in [0.4, 0.5) is 0 Å². The van der Waals surface area contributed by atoms with Crippen LogP contribution in [0.25, 0.3) is 22.1 Å². The van der Waals surface area contributed by atoms with Crippen molar-refractivity contribution in [3.05, 3.63) is 88.9 Å². The van der Waals surface area contributed by atoms with E-state index in [0.29, 0.717) is 36.4 Å². The van der Waals surface area contributed by atoms with Crippen molar-refractivity contribution >= 4 is 22.1 Å². The molecule has 4 heterocycles. The highest BCUT2D eigenvalue weighted by atomic mass is 16.1. The molecule has 148 valence electrons. The summed E-state index contributed by atoms with van der Waals surface area (Å²) in [6.07, 6.45) is 6.44. The minimum Gasteiger partial charge on any atom is -0.296 e. The Hall–Kier alpha value is -3.94. The van der Waals surface area contributed by atoms with Crippen LogP contribution in [-0.4, -0.2) is 34.5 Å². The highest BCUT2D eigenvalue weighted by Crippen LogP contribution is 2.12. The Bertz CT molecular complexity index is 1370. The number of benzene rings is 1. The van der Waals surface area contributed by atoms with E-state index in [2.05, 4.69) is 20.3 Å². The van der Waals surface area contributed by atoms with Gasteiger partial charge in [0.15, 0.2) is 5.65 Å². The highest BCUT2D eigenvalue weighted by Gasteiger charge is 2.13. The molecule has 0 unspecified atom stereocenters. The molecule has 0 aliphatic rings. The summed E-state index contributed by atoms with van der Waals surface area (Å²) < 4.78 is 3.60. The lowest BCUT2D eigenvalue weighted by molar-refractivity contribution is 0.551. The van der Waals surface area contributed by atoms with E-state index in [4.69, 9.17) is 4.98 Å². The molecular formula is C22H19N7O. The van der Waals surface area contributed by atoms with Crippen LogP contribution in [0.3, 0.4) is 0 Å². The molecule has 0 aliphatic carbocycles. The Morgan fingerprint density at radius 2 is 1.73 bits per heavy atom. The van der Waals surface area contributed by atoms with Gasteiger partial charge in [-0.25, -0.2) is 14.6 Å². The van der Waals surface area contributed by atoms with E-state index in [9.17, 15) is 4.79 Å². The molecule has 30 heavy (non-hydrogen) atoms. The lowest BCUT2D eigenvalue weighted by Gasteiger charge is -2.13. The van der Waals surface area contributed by atoms with Crippen LogP contribution in [-0.2, 0) is 25.9 Å². The average Bonchev–Trinajstić information content (AvgIpc) is 3.21. The van der Waals surface area contributed by atoms with E-state index in [1.165, 1.54) is 0 Å². The zero-order chi connectivity index (χ0) is 20.3.